The molecule has 0 aromatic heterocycles. The maximum absolute atomic E-state index is 6.40. The Kier molecular flexibility index (Phi) is 9.31. The van der Waals surface area contributed by atoms with Crippen molar-refractivity contribution in [3.8, 4) is 11.5 Å². The van der Waals surface area contributed by atoms with E-state index in [-0.39, 0.29) is 0 Å². The standard InChI is InChI=1S/C39H51ClN6O2/c1-41-17-19-44(22-28-9-16-37-38(21-28)48-27-47-37)35(23-41)33-25-45(32-7-5-4-6-8-32)26-34(43(33)3)36-24-42(2)18-20-46(36)39(29-10-11-29)30-12-14-31(40)15-13-30/h4-9,12-16,21,29,33-36,39H,10-11,17-20,22-27H2,1-3H3. The first kappa shape index (κ1) is 32.4. The summed E-state index contributed by atoms with van der Waals surface area (Å²) in [4.78, 5) is 16.3. The van der Waals surface area contributed by atoms with Crippen LogP contribution in [0.2, 0.25) is 5.02 Å². The minimum Gasteiger partial charge on any atom is -0.454 e. The molecule has 3 aromatic rings. The number of benzene rings is 3. The Balaban J connectivity index is 1.13. The molecule has 0 N–H and O–H groups in total. The molecule has 5 atom stereocenters. The van der Waals surface area contributed by atoms with Gasteiger partial charge in [0.05, 0.1) is 0 Å². The van der Waals surface area contributed by atoms with Crippen LogP contribution in [0, 0.1) is 5.92 Å². The lowest BCUT2D eigenvalue weighted by molar-refractivity contribution is -0.0444. The van der Waals surface area contributed by atoms with Crippen LogP contribution in [0.3, 0.4) is 0 Å². The fourth-order valence-electron chi connectivity index (χ4n) is 8.95. The number of piperazine rings is 3. The number of hydrogen-bond acceptors (Lipinski definition) is 8. The molecule has 48 heavy (non-hydrogen) atoms. The van der Waals surface area contributed by atoms with E-state index in [1.54, 1.807) is 0 Å². The molecule has 4 heterocycles. The lowest BCUT2D eigenvalue weighted by atomic mass is 9.89. The number of para-hydroxylation sites is 1. The summed E-state index contributed by atoms with van der Waals surface area (Å²) >= 11 is 6.40. The first-order valence-electron chi connectivity index (χ1n) is 17.9. The molecule has 5 unspecified atom stereocenters. The van der Waals surface area contributed by atoms with Gasteiger partial charge in [-0.3, -0.25) is 14.7 Å². The van der Waals surface area contributed by atoms with Crippen LogP contribution in [0.5, 0.6) is 11.5 Å². The van der Waals surface area contributed by atoms with E-state index in [1.807, 2.05) is 0 Å². The van der Waals surface area contributed by atoms with Crippen molar-refractivity contribution < 1.29 is 9.47 Å². The highest BCUT2D eigenvalue weighted by molar-refractivity contribution is 6.30. The van der Waals surface area contributed by atoms with Gasteiger partial charge in [0.25, 0.3) is 0 Å². The van der Waals surface area contributed by atoms with Crippen molar-refractivity contribution in [3.05, 3.63) is 88.9 Å². The van der Waals surface area contributed by atoms with Gasteiger partial charge in [0.1, 0.15) is 0 Å². The van der Waals surface area contributed by atoms with Crippen LogP contribution < -0.4 is 14.4 Å². The second-order valence-corrected chi connectivity index (χ2v) is 15.4. The maximum atomic E-state index is 6.40. The molecule has 256 valence electrons. The van der Waals surface area contributed by atoms with Gasteiger partial charge in [-0.05, 0) is 87.4 Å². The summed E-state index contributed by atoms with van der Waals surface area (Å²) in [5.41, 5.74) is 4.05. The van der Waals surface area contributed by atoms with E-state index >= 15 is 0 Å². The monoisotopic (exact) mass is 670 g/mol. The summed E-state index contributed by atoms with van der Waals surface area (Å²) < 4.78 is 11.4. The molecule has 1 aliphatic carbocycles. The van der Waals surface area contributed by atoms with Crippen molar-refractivity contribution in [1.29, 1.82) is 0 Å². The van der Waals surface area contributed by atoms with Crippen molar-refractivity contribution >= 4 is 17.3 Å². The van der Waals surface area contributed by atoms with Crippen molar-refractivity contribution in [2.45, 2.75) is 49.6 Å². The molecule has 0 amide bonds. The second-order valence-electron chi connectivity index (χ2n) is 14.9. The SMILES string of the molecule is CN1CCN(Cc2ccc3c(c2)OCO3)C(C2CN(c3ccccc3)CC(C3CN(C)CCN3C(c3ccc(Cl)cc3)C3CC3)N2C)C1. The van der Waals surface area contributed by atoms with Gasteiger partial charge in [-0.25, -0.2) is 0 Å². The van der Waals surface area contributed by atoms with Crippen LogP contribution in [0.1, 0.15) is 30.0 Å². The van der Waals surface area contributed by atoms with E-state index in [0.29, 0.717) is 37.0 Å². The number of nitrogens with zero attached hydrogens (tertiary/aromatic N) is 6. The molecule has 0 bridgehead atoms. The summed E-state index contributed by atoms with van der Waals surface area (Å²) in [6, 6.07) is 28.4. The summed E-state index contributed by atoms with van der Waals surface area (Å²) in [6.45, 7) is 9.71. The fraction of sp³-hybridized carbons (Fsp3) is 0.538. The Labute approximate surface area is 291 Å². The largest absolute Gasteiger partial charge is 0.454 e. The Morgan fingerprint density at radius 2 is 1.40 bits per heavy atom. The van der Waals surface area contributed by atoms with Crippen LogP contribution >= 0.6 is 11.6 Å². The van der Waals surface area contributed by atoms with Crippen molar-refractivity contribution in [3.63, 3.8) is 0 Å². The van der Waals surface area contributed by atoms with Crippen LogP contribution in [-0.2, 0) is 6.54 Å². The number of hydrogen-bond donors (Lipinski definition) is 0. The molecule has 4 fully saturated rings. The van der Waals surface area contributed by atoms with Crippen molar-refractivity contribution in [2.75, 3.05) is 85.2 Å². The molecule has 9 heteroatoms. The number of halogens is 1. The van der Waals surface area contributed by atoms with Gasteiger partial charge in [-0.2, -0.15) is 0 Å². The van der Waals surface area contributed by atoms with E-state index in [2.05, 4.69) is 123 Å². The average molecular weight is 671 g/mol. The molecule has 1 saturated carbocycles. The van der Waals surface area contributed by atoms with Gasteiger partial charge >= 0.3 is 0 Å². The Bertz CT molecular complexity index is 1540. The molecule has 8 rings (SSSR count). The number of rotatable bonds is 8. The minimum absolute atomic E-state index is 0.312. The molecule has 3 aromatic carbocycles. The van der Waals surface area contributed by atoms with Gasteiger partial charge in [0.2, 0.25) is 6.79 Å². The molecule has 3 saturated heterocycles. The number of anilines is 1. The molecule has 4 aliphatic heterocycles. The normalized spacial score (nSPS) is 28.5. The molecule has 8 nitrogen and oxygen atoms in total. The third-order valence-electron chi connectivity index (χ3n) is 11.7. The molecular formula is C39H51ClN6O2. The summed E-state index contributed by atoms with van der Waals surface area (Å²) in [6.07, 6.45) is 2.63. The molecule has 0 spiro atoms. The predicted octanol–water partition coefficient (Wildman–Crippen LogP) is 5.14. The van der Waals surface area contributed by atoms with Crippen LogP contribution in [0.15, 0.2) is 72.8 Å². The van der Waals surface area contributed by atoms with E-state index in [1.165, 1.54) is 29.7 Å². The van der Waals surface area contributed by atoms with E-state index in [0.717, 1.165) is 81.3 Å². The average Bonchev–Trinajstić information content (AvgIpc) is 3.83. The summed E-state index contributed by atoms with van der Waals surface area (Å²) in [7, 11) is 7.05. The fourth-order valence-corrected chi connectivity index (χ4v) is 9.08. The van der Waals surface area contributed by atoms with E-state index in [4.69, 9.17) is 21.1 Å². The zero-order valence-corrected chi connectivity index (χ0v) is 29.5. The van der Waals surface area contributed by atoms with Crippen LogP contribution in [-0.4, -0.2) is 129 Å². The third-order valence-corrected chi connectivity index (χ3v) is 12.0. The highest BCUT2D eigenvalue weighted by Gasteiger charge is 2.48. The van der Waals surface area contributed by atoms with E-state index < -0.39 is 0 Å². The maximum Gasteiger partial charge on any atom is 0.231 e. The first-order chi connectivity index (χ1) is 23.4. The zero-order valence-electron chi connectivity index (χ0n) is 28.8. The van der Waals surface area contributed by atoms with Gasteiger partial charge in [-0.15, -0.1) is 0 Å². The lowest BCUT2D eigenvalue weighted by Gasteiger charge is -2.57. The zero-order chi connectivity index (χ0) is 32.8. The third kappa shape index (κ3) is 6.68. The summed E-state index contributed by atoms with van der Waals surface area (Å²) in [5.74, 6) is 2.44. The van der Waals surface area contributed by atoms with Gasteiger partial charge in [0.15, 0.2) is 11.5 Å². The smallest absolute Gasteiger partial charge is 0.231 e. The number of ether oxygens (including phenoxy) is 2. The molecule has 5 aliphatic rings. The first-order valence-corrected chi connectivity index (χ1v) is 18.3. The lowest BCUT2D eigenvalue weighted by Crippen LogP contribution is -2.72. The topological polar surface area (TPSA) is 37.9 Å². The Morgan fingerprint density at radius 3 is 2.15 bits per heavy atom. The highest BCUT2D eigenvalue weighted by atomic mass is 35.5. The minimum atomic E-state index is 0.312. The van der Waals surface area contributed by atoms with E-state index in [9.17, 15) is 0 Å². The van der Waals surface area contributed by atoms with Gasteiger partial charge in [-0.1, -0.05) is 48.0 Å². The van der Waals surface area contributed by atoms with Gasteiger partial charge < -0.3 is 24.2 Å². The summed E-state index contributed by atoms with van der Waals surface area (Å²) in [5, 5.41) is 0.819. The molecular weight excluding hydrogens is 620 g/mol. The number of likely N-dealkylation sites (N-methyl/N-ethyl adjacent to an activating group) is 3. The quantitative estimate of drug-likeness (QED) is 0.326. The number of fused-ring (bicyclic) bond motifs is 1. The van der Waals surface area contributed by atoms with Gasteiger partial charge in [0, 0.05) is 99.8 Å². The second kappa shape index (κ2) is 13.8. The van der Waals surface area contributed by atoms with Crippen molar-refractivity contribution in [1.82, 2.24) is 24.5 Å². The molecule has 0 radical (unpaired) electrons. The van der Waals surface area contributed by atoms with Crippen LogP contribution in [0.4, 0.5) is 5.69 Å². The predicted molar refractivity (Wildman–Crippen MR) is 193 cm³/mol. The highest BCUT2D eigenvalue weighted by Crippen LogP contribution is 2.47. The Morgan fingerprint density at radius 1 is 0.708 bits per heavy atom. The Hall–Kier alpha value is -2.85. The van der Waals surface area contributed by atoms with Crippen LogP contribution in [0.25, 0.3) is 0 Å². The van der Waals surface area contributed by atoms with Crippen molar-refractivity contribution in [2.24, 2.45) is 5.92 Å².